The number of hydrogen-bond donors (Lipinski definition) is 1. The van der Waals surface area contributed by atoms with Crippen LogP contribution in [0.5, 0.6) is 0 Å². The highest BCUT2D eigenvalue weighted by Crippen LogP contribution is 2.31. The maximum absolute atomic E-state index is 11.8. The smallest absolute Gasteiger partial charge is 0.327 e. The number of carboxylic acids is 1. The van der Waals surface area contributed by atoms with Crippen molar-refractivity contribution < 1.29 is 14.7 Å². The molecule has 0 radical (unpaired) electrons. The van der Waals surface area contributed by atoms with Crippen molar-refractivity contribution in [3.05, 3.63) is 29.8 Å². The molecule has 1 aliphatic heterocycles. The van der Waals surface area contributed by atoms with Crippen molar-refractivity contribution in [1.82, 2.24) is 0 Å². The van der Waals surface area contributed by atoms with E-state index in [0.717, 1.165) is 5.56 Å². The molecule has 0 spiro atoms. The Bertz CT molecular complexity index is 539. The highest BCUT2D eigenvalue weighted by molar-refractivity contribution is 6.10. The Hall–Kier alpha value is -2.28. The minimum absolute atomic E-state index is 0.336. The van der Waals surface area contributed by atoms with E-state index in [4.69, 9.17) is 5.11 Å². The van der Waals surface area contributed by atoms with Gasteiger partial charge in [-0.15, -0.1) is 0 Å². The summed E-state index contributed by atoms with van der Waals surface area (Å²) in [4.78, 5) is 24.2. The molecule has 1 unspecified atom stereocenters. The average molecular weight is 229 g/mol. The lowest BCUT2D eigenvalue weighted by Gasteiger charge is -2.19. The fourth-order valence-corrected chi connectivity index (χ4v) is 2.00. The van der Waals surface area contributed by atoms with Crippen LogP contribution in [0.3, 0.4) is 0 Å². The molecule has 1 aromatic rings. The summed E-state index contributed by atoms with van der Waals surface area (Å²) < 4.78 is 0. The van der Waals surface area contributed by atoms with Gasteiger partial charge in [-0.05, 0) is 24.5 Å². The Morgan fingerprint density at radius 1 is 1.41 bits per heavy atom. The Labute approximate surface area is 98.9 Å². The fourth-order valence-electron chi connectivity index (χ4n) is 2.00. The van der Waals surface area contributed by atoms with Gasteiger partial charge in [-0.2, -0.15) is 0 Å². The van der Waals surface area contributed by atoms with Crippen molar-refractivity contribution in [3.8, 4) is 11.8 Å². The summed E-state index contributed by atoms with van der Waals surface area (Å²) in [6, 6.07) is 6.34. The van der Waals surface area contributed by atoms with Gasteiger partial charge < -0.3 is 5.11 Å². The maximum Gasteiger partial charge on any atom is 0.327 e. The number of aliphatic carboxylic acids is 1. The summed E-state index contributed by atoms with van der Waals surface area (Å²) in [6.07, 6.45) is 0.336. The molecule has 1 N–H and O–H groups in total. The lowest BCUT2D eigenvalue weighted by atomic mass is 10.1. The zero-order valence-corrected chi connectivity index (χ0v) is 9.30. The van der Waals surface area contributed by atoms with Gasteiger partial charge in [0.1, 0.15) is 6.04 Å². The van der Waals surface area contributed by atoms with Gasteiger partial charge in [0.25, 0.3) is 0 Å². The van der Waals surface area contributed by atoms with Gasteiger partial charge in [-0.3, -0.25) is 9.69 Å². The van der Waals surface area contributed by atoms with E-state index in [2.05, 4.69) is 11.8 Å². The number of benzene rings is 1. The first-order valence-corrected chi connectivity index (χ1v) is 5.22. The van der Waals surface area contributed by atoms with E-state index in [-0.39, 0.29) is 0 Å². The standard InChI is InChI=1S/C13H11NO3/c1-2-5-12(15)14-10-7-4-3-6-9(10)8-11(14)13(16)17/h3-4,6-7,11H,8H2,1H3,(H,16,17). The molecular formula is C13H11NO3. The number of carbonyl (C=O) groups is 2. The molecule has 0 fully saturated rings. The van der Waals surface area contributed by atoms with Crippen molar-refractivity contribution in [2.24, 2.45) is 0 Å². The third-order valence-electron chi connectivity index (χ3n) is 2.71. The van der Waals surface area contributed by atoms with Gasteiger partial charge in [-0.25, -0.2) is 4.79 Å². The van der Waals surface area contributed by atoms with Crippen molar-refractivity contribution >= 4 is 17.6 Å². The Balaban J connectivity index is 2.46. The van der Waals surface area contributed by atoms with E-state index < -0.39 is 17.9 Å². The minimum atomic E-state index is -1.01. The Morgan fingerprint density at radius 2 is 2.12 bits per heavy atom. The van der Waals surface area contributed by atoms with Crippen LogP contribution in [0, 0.1) is 11.8 Å². The van der Waals surface area contributed by atoms with Gasteiger partial charge in [0.2, 0.25) is 0 Å². The van der Waals surface area contributed by atoms with Crippen molar-refractivity contribution in [2.45, 2.75) is 19.4 Å². The van der Waals surface area contributed by atoms with Gasteiger partial charge in [-0.1, -0.05) is 24.1 Å². The number of fused-ring (bicyclic) bond motifs is 1. The molecule has 17 heavy (non-hydrogen) atoms. The topological polar surface area (TPSA) is 57.6 Å². The summed E-state index contributed by atoms with van der Waals surface area (Å²) in [5, 5.41) is 9.13. The Kier molecular flexibility index (Phi) is 2.84. The lowest BCUT2D eigenvalue weighted by molar-refractivity contribution is -0.139. The van der Waals surface area contributed by atoms with Crippen LogP contribution in [0.25, 0.3) is 0 Å². The largest absolute Gasteiger partial charge is 0.480 e. The molecule has 0 bridgehead atoms. The number of rotatable bonds is 1. The van der Waals surface area contributed by atoms with Gasteiger partial charge in [0.05, 0.1) is 0 Å². The predicted octanol–water partition coefficient (Wildman–Crippen LogP) is 1.05. The molecule has 1 aromatic carbocycles. The number of carboxylic acid groups (broad SMARTS) is 1. The number of carbonyl (C=O) groups excluding carboxylic acids is 1. The summed E-state index contributed by atoms with van der Waals surface area (Å²) in [7, 11) is 0. The molecule has 0 aliphatic carbocycles. The molecule has 1 amide bonds. The van der Waals surface area contributed by atoms with E-state index in [0.29, 0.717) is 12.1 Å². The lowest BCUT2D eigenvalue weighted by Crippen LogP contribution is -2.42. The average Bonchev–Trinajstić information content (AvgIpc) is 2.68. The quantitative estimate of drug-likeness (QED) is 0.732. The van der Waals surface area contributed by atoms with Crippen LogP contribution in [-0.4, -0.2) is 23.0 Å². The fraction of sp³-hybridized carbons (Fsp3) is 0.231. The van der Waals surface area contributed by atoms with E-state index in [1.165, 1.54) is 4.90 Å². The minimum Gasteiger partial charge on any atom is -0.480 e. The van der Waals surface area contributed by atoms with Crippen LogP contribution >= 0.6 is 0 Å². The molecule has 86 valence electrons. The number of para-hydroxylation sites is 1. The van der Waals surface area contributed by atoms with Crippen molar-refractivity contribution in [2.75, 3.05) is 4.90 Å². The highest BCUT2D eigenvalue weighted by Gasteiger charge is 2.37. The summed E-state index contributed by atoms with van der Waals surface area (Å²) in [6.45, 7) is 1.55. The molecule has 0 saturated heterocycles. The van der Waals surface area contributed by atoms with Crippen molar-refractivity contribution in [1.29, 1.82) is 0 Å². The van der Waals surface area contributed by atoms with E-state index in [1.54, 1.807) is 19.1 Å². The molecule has 0 aromatic heterocycles. The van der Waals surface area contributed by atoms with Crippen LogP contribution in [0.15, 0.2) is 24.3 Å². The highest BCUT2D eigenvalue weighted by atomic mass is 16.4. The third kappa shape index (κ3) is 1.87. The van der Waals surface area contributed by atoms with E-state index >= 15 is 0 Å². The van der Waals surface area contributed by atoms with Gasteiger partial charge in [0.15, 0.2) is 0 Å². The van der Waals surface area contributed by atoms with Gasteiger partial charge >= 0.3 is 11.9 Å². The number of nitrogens with zero attached hydrogens (tertiary/aromatic N) is 1. The second-order valence-corrected chi connectivity index (χ2v) is 3.74. The monoisotopic (exact) mass is 229 g/mol. The first-order chi connectivity index (χ1) is 8.15. The van der Waals surface area contributed by atoms with E-state index in [1.807, 2.05) is 12.1 Å². The molecular weight excluding hydrogens is 218 g/mol. The van der Waals surface area contributed by atoms with Crippen LogP contribution in [0.2, 0.25) is 0 Å². The normalized spacial score (nSPS) is 17.0. The first kappa shape index (κ1) is 11.2. The predicted molar refractivity (Wildman–Crippen MR) is 62.5 cm³/mol. The molecule has 4 heteroatoms. The van der Waals surface area contributed by atoms with Crippen LogP contribution in [0.1, 0.15) is 12.5 Å². The van der Waals surface area contributed by atoms with Gasteiger partial charge in [0, 0.05) is 12.1 Å². The first-order valence-electron chi connectivity index (χ1n) is 5.22. The molecule has 1 aliphatic rings. The molecule has 2 rings (SSSR count). The second-order valence-electron chi connectivity index (χ2n) is 3.74. The summed E-state index contributed by atoms with van der Waals surface area (Å²) in [5.74, 6) is 3.41. The van der Waals surface area contributed by atoms with E-state index in [9.17, 15) is 9.59 Å². The molecule has 1 atom stereocenters. The molecule has 1 heterocycles. The SMILES string of the molecule is CC#CC(=O)N1c2ccccc2CC1C(=O)O. The molecule has 0 saturated carbocycles. The number of hydrogen-bond acceptors (Lipinski definition) is 2. The van der Waals surface area contributed by atoms with Crippen molar-refractivity contribution in [3.63, 3.8) is 0 Å². The number of anilines is 1. The summed E-state index contributed by atoms with van der Waals surface area (Å²) >= 11 is 0. The van der Waals surface area contributed by atoms with Crippen LogP contribution < -0.4 is 4.90 Å². The third-order valence-corrected chi connectivity index (χ3v) is 2.71. The molecule has 4 nitrogen and oxygen atoms in total. The maximum atomic E-state index is 11.8. The summed E-state index contributed by atoms with van der Waals surface area (Å²) in [5.41, 5.74) is 1.51. The van der Waals surface area contributed by atoms with Crippen LogP contribution in [0.4, 0.5) is 5.69 Å². The second kappa shape index (κ2) is 4.30. The Morgan fingerprint density at radius 3 is 2.76 bits per heavy atom. The van der Waals surface area contributed by atoms with Crippen LogP contribution in [-0.2, 0) is 16.0 Å². The zero-order chi connectivity index (χ0) is 12.4. The zero-order valence-electron chi connectivity index (χ0n) is 9.30. The number of amides is 1.